The Balaban J connectivity index is 2.32. The van der Waals surface area contributed by atoms with Crippen LogP contribution >= 0.6 is 0 Å². The van der Waals surface area contributed by atoms with Crippen molar-refractivity contribution in [2.75, 3.05) is 0 Å². The lowest BCUT2D eigenvalue weighted by molar-refractivity contribution is -0.1000. The van der Waals surface area contributed by atoms with Crippen LogP contribution in [-0.4, -0.2) is 11.8 Å². The van der Waals surface area contributed by atoms with Gasteiger partial charge in [-0.3, -0.25) is 0 Å². The first-order chi connectivity index (χ1) is 11.5. The smallest absolute Gasteiger partial charge is 0.207 e. The number of hydrogen-bond acceptors (Lipinski definition) is 1. The molecule has 0 radical (unpaired) electrons. The van der Waals surface area contributed by atoms with Gasteiger partial charge in [0.25, 0.3) is 11.8 Å². The lowest BCUT2D eigenvalue weighted by Crippen LogP contribution is -2.29. The molecule has 25 heavy (non-hydrogen) atoms. The fourth-order valence-corrected chi connectivity index (χ4v) is 2.71. The van der Waals surface area contributed by atoms with E-state index in [1.165, 1.54) is 19.1 Å². The SMILES string of the molecule is Cc1c(-c2ccc(C#N)cc2)ccc(CC(F)(F)CC(C)(F)F)c1F. The average Bonchev–Trinajstić information content (AvgIpc) is 2.50. The minimum atomic E-state index is -3.71. The average molecular weight is 353 g/mol. The maximum Gasteiger partial charge on any atom is 0.257 e. The number of nitrogens with zero attached hydrogens (tertiary/aromatic N) is 1. The Hall–Kier alpha value is -2.42. The quantitative estimate of drug-likeness (QED) is 0.614. The number of hydrogen-bond donors (Lipinski definition) is 0. The number of benzene rings is 2. The highest BCUT2D eigenvalue weighted by molar-refractivity contribution is 5.68. The van der Waals surface area contributed by atoms with Gasteiger partial charge in [0.2, 0.25) is 0 Å². The minimum absolute atomic E-state index is 0.154. The molecule has 6 heteroatoms. The molecule has 0 amide bonds. The second kappa shape index (κ2) is 6.83. The maximum absolute atomic E-state index is 14.5. The maximum atomic E-state index is 14.5. The van der Waals surface area contributed by atoms with Gasteiger partial charge in [0.1, 0.15) is 5.82 Å². The molecular weight excluding hydrogens is 337 g/mol. The van der Waals surface area contributed by atoms with Crippen molar-refractivity contribution < 1.29 is 22.0 Å². The molecule has 0 atom stereocenters. The monoisotopic (exact) mass is 353 g/mol. The van der Waals surface area contributed by atoms with E-state index >= 15 is 0 Å². The summed E-state index contributed by atoms with van der Waals surface area (Å²) in [7, 11) is 0. The molecule has 0 aliphatic carbocycles. The van der Waals surface area contributed by atoms with Gasteiger partial charge >= 0.3 is 0 Å². The molecule has 0 N–H and O–H groups in total. The van der Waals surface area contributed by atoms with E-state index in [0.29, 0.717) is 23.6 Å². The van der Waals surface area contributed by atoms with Gasteiger partial charge in [-0.25, -0.2) is 22.0 Å². The molecule has 132 valence electrons. The molecular formula is C19H16F5N. The van der Waals surface area contributed by atoms with E-state index in [4.69, 9.17) is 5.26 Å². The van der Waals surface area contributed by atoms with Gasteiger partial charge < -0.3 is 0 Å². The fourth-order valence-electron chi connectivity index (χ4n) is 2.71. The minimum Gasteiger partial charge on any atom is -0.207 e. The van der Waals surface area contributed by atoms with Crippen LogP contribution in [0.25, 0.3) is 11.1 Å². The van der Waals surface area contributed by atoms with Crippen molar-refractivity contribution in [2.24, 2.45) is 0 Å². The highest BCUT2D eigenvalue weighted by atomic mass is 19.3. The van der Waals surface area contributed by atoms with Gasteiger partial charge in [0.05, 0.1) is 18.1 Å². The van der Waals surface area contributed by atoms with E-state index in [0.717, 1.165) is 0 Å². The summed E-state index contributed by atoms with van der Waals surface area (Å²) in [6, 6.07) is 11.0. The molecule has 0 saturated carbocycles. The lowest BCUT2D eigenvalue weighted by Gasteiger charge is -2.21. The first-order valence-corrected chi connectivity index (χ1v) is 7.56. The van der Waals surface area contributed by atoms with E-state index in [2.05, 4.69) is 0 Å². The number of halogens is 5. The van der Waals surface area contributed by atoms with E-state index < -0.39 is 30.5 Å². The van der Waals surface area contributed by atoms with Gasteiger partial charge in [-0.15, -0.1) is 0 Å². The Kier molecular flexibility index (Phi) is 5.17. The van der Waals surface area contributed by atoms with Crippen LogP contribution in [0, 0.1) is 24.1 Å². The van der Waals surface area contributed by atoms with Gasteiger partial charge in [-0.2, -0.15) is 5.26 Å². The Labute approximate surface area is 142 Å². The molecule has 2 aromatic carbocycles. The topological polar surface area (TPSA) is 23.8 Å². The van der Waals surface area contributed by atoms with Gasteiger partial charge in [0, 0.05) is 6.42 Å². The third kappa shape index (κ3) is 4.79. The Morgan fingerprint density at radius 1 is 1.00 bits per heavy atom. The van der Waals surface area contributed by atoms with Crippen LogP contribution in [0.2, 0.25) is 0 Å². The van der Waals surface area contributed by atoms with Crippen molar-refractivity contribution in [1.29, 1.82) is 5.26 Å². The van der Waals surface area contributed by atoms with E-state index in [-0.39, 0.29) is 11.1 Å². The number of nitriles is 1. The van der Waals surface area contributed by atoms with Crippen LogP contribution in [0.15, 0.2) is 36.4 Å². The van der Waals surface area contributed by atoms with Crippen LogP contribution in [-0.2, 0) is 6.42 Å². The third-order valence-corrected chi connectivity index (χ3v) is 3.81. The molecule has 0 aromatic heterocycles. The van der Waals surface area contributed by atoms with Crippen molar-refractivity contribution in [2.45, 2.75) is 38.5 Å². The first-order valence-electron chi connectivity index (χ1n) is 7.56. The van der Waals surface area contributed by atoms with E-state index in [9.17, 15) is 22.0 Å². The normalized spacial score (nSPS) is 12.1. The Morgan fingerprint density at radius 3 is 2.12 bits per heavy atom. The summed E-state index contributed by atoms with van der Waals surface area (Å²) in [5.41, 5.74) is 1.42. The number of alkyl halides is 4. The number of rotatable bonds is 5. The molecule has 0 heterocycles. The van der Waals surface area contributed by atoms with Crippen molar-refractivity contribution >= 4 is 0 Å². The summed E-state index contributed by atoms with van der Waals surface area (Å²) in [5.74, 6) is -8.07. The van der Waals surface area contributed by atoms with Crippen LogP contribution in [0.5, 0.6) is 0 Å². The second-order valence-electron chi connectivity index (χ2n) is 6.18. The van der Waals surface area contributed by atoms with Gasteiger partial charge in [-0.05, 0) is 48.2 Å². The molecule has 0 saturated heterocycles. The molecule has 0 aliphatic heterocycles. The van der Waals surface area contributed by atoms with Crippen molar-refractivity contribution in [3.05, 3.63) is 58.9 Å². The highest BCUT2D eigenvalue weighted by Gasteiger charge is 2.40. The molecule has 0 bridgehead atoms. The largest absolute Gasteiger partial charge is 0.257 e. The van der Waals surface area contributed by atoms with Crippen molar-refractivity contribution in [3.8, 4) is 17.2 Å². The molecule has 0 fully saturated rings. The predicted molar refractivity (Wildman–Crippen MR) is 85.2 cm³/mol. The van der Waals surface area contributed by atoms with Gasteiger partial charge in [-0.1, -0.05) is 24.3 Å². The zero-order valence-electron chi connectivity index (χ0n) is 13.7. The van der Waals surface area contributed by atoms with Crippen molar-refractivity contribution in [3.63, 3.8) is 0 Å². The zero-order chi connectivity index (χ0) is 18.8. The molecule has 0 unspecified atom stereocenters. The lowest BCUT2D eigenvalue weighted by atomic mass is 9.94. The third-order valence-electron chi connectivity index (χ3n) is 3.81. The summed E-state index contributed by atoms with van der Waals surface area (Å²) in [6.07, 6.45) is -2.72. The Morgan fingerprint density at radius 2 is 1.60 bits per heavy atom. The van der Waals surface area contributed by atoms with E-state index in [1.54, 1.807) is 24.3 Å². The van der Waals surface area contributed by atoms with Crippen LogP contribution in [0.4, 0.5) is 22.0 Å². The van der Waals surface area contributed by atoms with Crippen LogP contribution in [0.1, 0.15) is 30.0 Å². The summed E-state index contributed by atoms with van der Waals surface area (Å²) >= 11 is 0. The molecule has 1 nitrogen and oxygen atoms in total. The summed E-state index contributed by atoms with van der Waals surface area (Å²) in [5, 5.41) is 8.79. The predicted octanol–water partition coefficient (Wildman–Crippen LogP) is 5.90. The molecule has 2 rings (SSSR count). The standard InChI is InChI=1S/C19H16F5N/c1-12-16(14-5-3-13(10-25)4-6-14)8-7-15(17(12)20)9-19(23,24)11-18(2,21)22/h3-8H,9,11H2,1-2H3. The summed E-state index contributed by atoms with van der Waals surface area (Å²) < 4.78 is 67.7. The molecule has 2 aromatic rings. The summed E-state index contributed by atoms with van der Waals surface area (Å²) in [6.45, 7) is 1.86. The van der Waals surface area contributed by atoms with Crippen molar-refractivity contribution in [1.82, 2.24) is 0 Å². The molecule has 0 spiro atoms. The van der Waals surface area contributed by atoms with E-state index in [1.807, 2.05) is 6.07 Å². The highest BCUT2D eigenvalue weighted by Crippen LogP contribution is 2.35. The fraction of sp³-hybridized carbons (Fsp3) is 0.316. The van der Waals surface area contributed by atoms with Crippen LogP contribution < -0.4 is 0 Å². The molecule has 0 aliphatic rings. The zero-order valence-corrected chi connectivity index (χ0v) is 13.7. The first kappa shape index (κ1) is 18.9. The Bertz CT molecular complexity index is 798. The second-order valence-corrected chi connectivity index (χ2v) is 6.18. The van der Waals surface area contributed by atoms with Gasteiger partial charge in [0.15, 0.2) is 0 Å². The summed E-state index contributed by atoms with van der Waals surface area (Å²) in [4.78, 5) is 0. The van der Waals surface area contributed by atoms with Crippen LogP contribution in [0.3, 0.4) is 0 Å².